The third-order valence-corrected chi connectivity index (χ3v) is 9.02. The van der Waals surface area contributed by atoms with Gasteiger partial charge in [-0.3, -0.25) is 18.6 Å². The van der Waals surface area contributed by atoms with Gasteiger partial charge in [-0.2, -0.15) is 0 Å². The molecule has 0 fully saturated rings. The van der Waals surface area contributed by atoms with Crippen LogP contribution < -0.4 is 5.32 Å². The van der Waals surface area contributed by atoms with Crippen molar-refractivity contribution >= 4 is 19.7 Å². The lowest BCUT2D eigenvalue weighted by Crippen LogP contribution is -2.27. The number of carbonyl (C=O) groups is 2. The second kappa shape index (κ2) is 32.9. The van der Waals surface area contributed by atoms with Crippen molar-refractivity contribution in [3.63, 3.8) is 0 Å². The number of amides is 1. The van der Waals surface area contributed by atoms with E-state index in [0.717, 1.165) is 38.5 Å². The minimum absolute atomic E-state index is 0.0878. The van der Waals surface area contributed by atoms with Crippen molar-refractivity contribution < 1.29 is 37.9 Å². The van der Waals surface area contributed by atoms with Gasteiger partial charge in [0, 0.05) is 19.4 Å². The van der Waals surface area contributed by atoms with Gasteiger partial charge in [0.25, 0.3) is 0 Å². The van der Waals surface area contributed by atoms with Crippen LogP contribution in [0.1, 0.15) is 181 Å². The Morgan fingerprint density at radius 2 is 1.00 bits per heavy atom. The van der Waals surface area contributed by atoms with Gasteiger partial charge in [0.2, 0.25) is 5.91 Å². The van der Waals surface area contributed by atoms with Crippen molar-refractivity contribution in [1.29, 1.82) is 0 Å². The van der Waals surface area contributed by atoms with E-state index in [-0.39, 0.29) is 32.1 Å². The summed E-state index contributed by atoms with van der Waals surface area (Å²) in [6.45, 7) is 3.52. The molecule has 0 aromatic heterocycles. The predicted molar refractivity (Wildman–Crippen MR) is 183 cm³/mol. The molecular formula is C35H70NO8P. The Kier molecular flexibility index (Phi) is 32.2. The summed E-state index contributed by atoms with van der Waals surface area (Å²) in [4.78, 5) is 33.6. The van der Waals surface area contributed by atoms with Crippen LogP contribution in [0.25, 0.3) is 0 Å². The van der Waals surface area contributed by atoms with Crippen LogP contribution in [0, 0.1) is 0 Å². The average molecular weight is 664 g/mol. The van der Waals surface area contributed by atoms with E-state index >= 15 is 0 Å². The zero-order valence-electron chi connectivity index (χ0n) is 29.1. The zero-order chi connectivity index (χ0) is 33.3. The van der Waals surface area contributed by atoms with Gasteiger partial charge in [-0.1, -0.05) is 155 Å². The number of unbranched alkanes of at least 4 members (excludes halogenated alkanes) is 22. The number of phosphoric ester groups is 1. The molecule has 0 aliphatic heterocycles. The van der Waals surface area contributed by atoms with E-state index in [0.29, 0.717) is 6.42 Å². The lowest BCUT2D eigenvalue weighted by atomic mass is 10.0. The molecule has 2 atom stereocenters. The van der Waals surface area contributed by atoms with E-state index < -0.39 is 26.5 Å². The number of carbonyl (C=O) groups excluding carboxylic acids is 2. The molecule has 9 nitrogen and oxygen atoms in total. The summed E-state index contributed by atoms with van der Waals surface area (Å²) in [6, 6.07) is 0. The number of aliphatic hydroxyl groups excluding tert-OH is 1. The van der Waals surface area contributed by atoms with Crippen molar-refractivity contribution in [2.75, 3.05) is 26.4 Å². The van der Waals surface area contributed by atoms with Gasteiger partial charge in [0.1, 0.15) is 12.7 Å². The molecule has 45 heavy (non-hydrogen) atoms. The highest BCUT2D eigenvalue weighted by atomic mass is 31.2. The maximum atomic E-state index is 12.0. The summed E-state index contributed by atoms with van der Waals surface area (Å²) < 4.78 is 26.7. The Hall–Kier alpha value is -0.990. The summed E-state index contributed by atoms with van der Waals surface area (Å²) in [5.41, 5.74) is 0. The molecule has 0 radical (unpaired) electrons. The van der Waals surface area contributed by atoms with E-state index in [1.54, 1.807) is 0 Å². The first-order valence-corrected chi connectivity index (χ1v) is 20.0. The van der Waals surface area contributed by atoms with Crippen LogP contribution in [0.2, 0.25) is 0 Å². The molecule has 3 N–H and O–H groups in total. The van der Waals surface area contributed by atoms with E-state index in [2.05, 4.69) is 19.2 Å². The Balaban J connectivity index is 3.57. The van der Waals surface area contributed by atoms with E-state index in [4.69, 9.17) is 13.8 Å². The molecule has 0 saturated carbocycles. The molecule has 0 aromatic carbocycles. The minimum atomic E-state index is -4.40. The first kappa shape index (κ1) is 44.0. The molecule has 0 rings (SSSR count). The number of rotatable bonds is 35. The quantitative estimate of drug-likeness (QED) is 0.0347. The van der Waals surface area contributed by atoms with Gasteiger partial charge in [0.05, 0.1) is 13.2 Å². The molecular weight excluding hydrogens is 593 g/mol. The monoisotopic (exact) mass is 663 g/mol. The van der Waals surface area contributed by atoms with Crippen LogP contribution in [0.5, 0.6) is 0 Å². The lowest BCUT2D eigenvalue weighted by Gasteiger charge is -2.15. The molecule has 2 unspecified atom stereocenters. The second-order valence-electron chi connectivity index (χ2n) is 12.6. The van der Waals surface area contributed by atoms with Crippen LogP contribution in [-0.4, -0.2) is 54.3 Å². The van der Waals surface area contributed by atoms with Gasteiger partial charge in [-0.15, -0.1) is 0 Å². The van der Waals surface area contributed by atoms with Crippen LogP contribution in [-0.2, 0) is 27.9 Å². The maximum absolute atomic E-state index is 12.0. The first-order chi connectivity index (χ1) is 21.8. The molecule has 0 saturated heterocycles. The van der Waals surface area contributed by atoms with Crippen LogP contribution in [0.4, 0.5) is 0 Å². The molecule has 0 aromatic rings. The average Bonchev–Trinajstić information content (AvgIpc) is 3.02. The highest BCUT2D eigenvalue weighted by Gasteiger charge is 2.23. The van der Waals surface area contributed by atoms with Crippen molar-refractivity contribution in [3.05, 3.63) is 0 Å². The molecule has 0 aliphatic rings. The van der Waals surface area contributed by atoms with Crippen LogP contribution >= 0.6 is 7.82 Å². The number of esters is 1. The number of ether oxygens (including phenoxy) is 1. The van der Waals surface area contributed by atoms with Gasteiger partial charge in [-0.25, -0.2) is 4.57 Å². The lowest BCUT2D eigenvalue weighted by molar-refractivity contribution is -0.147. The number of aliphatic hydroxyl groups is 1. The highest BCUT2D eigenvalue weighted by molar-refractivity contribution is 7.47. The normalized spacial score (nSPS) is 13.4. The molecule has 1 amide bonds. The Labute approximate surface area is 275 Å². The van der Waals surface area contributed by atoms with Crippen molar-refractivity contribution in [2.24, 2.45) is 0 Å². The summed E-state index contributed by atoms with van der Waals surface area (Å²) in [6.07, 6.45) is 29.0. The van der Waals surface area contributed by atoms with Crippen LogP contribution in [0.15, 0.2) is 0 Å². The number of nitrogens with one attached hydrogen (secondary N) is 1. The molecule has 0 heterocycles. The first-order valence-electron chi connectivity index (χ1n) is 18.5. The van der Waals surface area contributed by atoms with Crippen molar-refractivity contribution in [3.8, 4) is 0 Å². The minimum Gasteiger partial charge on any atom is -0.463 e. The maximum Gasteiger partial charge on any atom is 0.472 e. The Bertz CT molecular complexity index is 724. The van der Waals surface area contributed by atoms with E-state index in [1.807, 2.05) is 0 Å². The fourth-order valence-electron chi connectivity index (χ4n) is 5.20. The summed E-state index contributed by atoms with van der Waals surface area (Å²) in [5, 5.41) is 12.6. The van der Waals surface area contributed by atoms with Crippen molar-refractivity contribution in [2.45, 2.75) is 187 Å². The second-order valence-corrected chi connectivity index (χ2v) is 14.0. The van der Waals surface area contributed by atoms with Gasteiger partial charge < -0.3 is 20.1 Å². The fraction of sp³-hybridized carbons (Fsp3) is 0.943. The molecule has 0 bridgehead atoms. The smallest absolute Gasteiger partial charge is 0.463 e. The Morgan fingerprint density at radius 3 is 1.44 bits per heavy atom. The van der Waals surface area contributed by atoms with Gasteiger partial charge in [-0.05, 0) is 12.8 Å². The van der Waals surface area contributed by atoms with Gasteiger partial charge >= 0.3 is 13.8 Å². The summed E-state index contributed by atoms with van der Waals surface area (Å²) in [5.74, 6) is -0.513. The fourth-order valence-corrected chi connectivity index (χ4v) is 5.96. The summed E-state index contributed by atoms with van der Waals surface area (Å²) >= 11 is 0. The SMILES string of the molecule is CCCCCCCCCCCCCCCCCCC(=O)NCCOP(=O)(O)OCC(O)COC(=O)CCCCCCCCCC. The number of hydrogen-bond acceptors (Lipinski definition) is 7. The largest absolute Gasteiger partial charge is 0.472 e. The third kappa shape index (κ3) is 34.2. The predicted octanol–water partition coefficient (Wildman–Crippen LogP) is 9.32. The highest BCUT2D eigenvalue weighted by Crippen LogP contribution is 2.42. The van der Waals surface area contributed by atoms with Crippen LogP contribution in [0.3, 0.4) is 0 Å². The van der Waals surface area contributed by atoms with E-state index in [1.165, 1.54) is 116 Å². The zero-order valence-corrected chi connectivity index (χ0v) is 30.0. The molecule has 0 aliphatic carbocycles. The molecule has 10 heteroatoms. The Morgan fingerprint density at radius 1 is 0.600 bits per heavy atom. The molecule has 268 valence electrons. The third-order valence-electron chi connectivity index (χ3n) is 8.04. The number of hydrogen-bond donors (Lipinski definition) is 3. The van der Waals surface area contributed by atoms with Crippen molar-refractivity contribution in [1.82, 2.24) is 5.32 Å². The van der Waals surface area contributed by atoms with E-state index in [9.17, 15) is 24.2 Å². The standard InChI is InChI=1S/C35H70NO8P/c1-3-5-7-9-11-13-14-15-16-17-18-19-20-21-23-25-27-34(38)36-29-30-43-45(40,41)44-32-33(37)31-42-35(39)28-26-24-22-12-10-8-6-4-2/h33,37H,3-32H2,1-2H3,(H,36,38)(H,40,41). The topological polar surface area (TPSA) is 131 Å². The number of phosphoric acid groups is 1. The summed E-state index contributed by atoms with van der Waals surface area (Å²) in [7, 11) is -4.40. The molecule has 0 spiro atoms. The van der Waals surface area contributed by atoms with Gasteiger partial charge in [0.15, 0.2) is 0 Å².